The van der Waals surface area contributed by atoms with Gasteiger partial charge < -0.3 is 0 Å². The van der Waals surface area contributed by atoms with Gasteiger partial charge >= 0.3 is 5.38 Å². The Hall–Kier alpha value is -0.960. The lowest BCUT2D eigenvalue weighted by molar-refractivity contribution is 0.0536. The number of aryl methyl sites for hydroxylation is 2. The van der Waals surface area contributed by atoms with Crippen molar-refractivity contribution in [3.63, 3.8) is 0 Å². The summed E-state index contributed by atoms with van der Waals surface area (Å²) in [6.45, 7) is 3.46. The standard InChI is InChI=1S/C10H9ClF2O/c1-6-3-7(2)5-8(4-6)9(14)10(11,12)13/h3-5H,1-2H3. The van der Waals surface area contributed by atoms with Crippen LogP contribution in [0, 0.1) is 13.8 Å². The Morgan fingerprint density at radius 3 is 2.00 bits per heavy atom. The minimum atomic E-state index is -3.82. The van der Waals surface area contributed by atoms with Crippen LogP contribution < -0.4 is 0 Å². The van der Waals surface area contributed by atoms with E-state index in [9.17, 15) is 13.6 Å². The maximum atomic E-state index is 12.5. The Kier molecular flexibility index (Phi) is 2.90. The molecule has 1 aromatic carbocycles. The van der Waals surface area contributed by atoms with Gasteiger partial charge in [0.25, 0.3) is 0 Å². The van der Waals surface area contributed by atoms with E-state index in [-0.39, 0.29) is 5.56 Å². The Morgan fingerprint density at radius 2 is 1.64 bits per heavy atom. The van der Waals surface area contributed by atoms with Crippen LogP contribution in [0.4, 0.5) is 8.78 Å². The summed E-state index contributed by atoms with van der Waals surface area (Å²) in [4.78, 5) is 11.1. The van der Waals surface area contributed by atoms with E-state index in [4.69, 9.17) is 0 Å². The third-order valence-electron chi connectivity index (χ3n) is 1.74. The van der Waals surface area contributed by atoms with Gasteiger partial charge in [0.15, 0.2) is 0 Å². The summed E-state index contributed by atoms with van der Waals surface area (Å²) in [6.07, 6.45) is 0. The average molecular weight is 219 g/mol. The zero-order valence-corrected chi connectivity index (χ0v) is 8.53. The monoisotopic (exact) mass is 218 g/mol. The molecule has 0 amide bonds. The fourth-order valence-electron chi connectivity index (χ4n) is 1.27. The van der Waals surface area contributed by atoms with E-state index in [1.54, 1.807) is 19.9 Å². The first-order valence-corrected chi connectivity index (χ1v) is 4.38. The molecule has 4 heteroatoms. The molecule has 14 heavy (non-hydrogen) atoms. The highest BCUT2D eigenvalue weighted by Gasteiger charge is 2.36. The molecule has 76 valence electrons. The minimum absolute atomic E-state index is 0.0532. The van der Waals surface area contributed by atoms with Crippen LogP contribution >= 0.6 is 11.6 Å². The van der Waals surface area contributed by atoms with Crippen molar-refractivity contribution in [2.24, 2.45) is 0 Å². The van der Waals surface area contributed by atoms with Crippen LogP contribution in [0.3, 0.4) is 0 Å². The molecule has 0 atom stereocenters. The van der Waals surface area contributed by atoms with Crippen LogP contribution in [0.1, 0.15) is 21.5 Å². The highest BCUT2D eigenvalue weighted by Crippen LogP contribution is 2.25. The number of Topliss-reactive ketones (excluding diaryl/α,β-unsaturated/α-hetero) is 1. The second kappa shape index (κ2) is 3.65. The van der Waals surface area contributed by atoms with Gasteiger partial charge in [-0.3, -0.25) is 4.79 Å². The third kappa shape index (κ3) is 2.51. The average Bonchev–Trinajstić information content (AvgIpc) is 1.99. The zero-order chi connectivity index (χ0) is 10.9. The number of hydrogen-bond donors (Lipinski definition) is 0. The summed E-state index contributed by atoms with van der Waals surface area (Å²) in [5, 5.41) is -3.82. The number of halogens is 3. The normalized spacial score (nSPS) is 11.5. The van der Waals surface area contributed by atoms with E-state index in [1.807, 2.05) is 0 Å². The highest BCUT2D eigenvalue weighted by molar-refractivity contribution is 6.35. The van der Waals surface area contributed by atoms with Gasteiger partial charge in [-0.05, 0) is 37.6 Å². The second-order valence-corrected chi connectivity index (χ2v) is 3.68. The minimum Gasteiger partial charge on any atom is -0.286 e. The molecule has 1 rings (SSSR count). The summed E-state index contributed by atoms with van der Waals surface area (Å²) in [5.74, 6) is -1.36. The lowest BCUT2D eigenvalue weighted by Gasteiger charge is -2.07. The van der Waals surface area contributed by atoms with Crippen LogP contribution in [-0.4, -0.2) is 11.2 Å². The number of hydrogen-bond acceptors (Lipinski definition) is 1. The van der Waals surface area contributed by atoms with Crippen molar-refractivity contribution < 1.29 is 13.6 Å². The van der Waals surface area contributed by atoms with Crippen LogP contribution in [0.5, 0.6) is 0 Å². The van der Waals surface area contributed by atoms with E-state index >= 15 is 0 Å². The predicted molar refractivity (Wildman–Crippen MR) is 51.0 cm³/mol. The lowest BCUT2D eigenvalue weighted by Crippen LogP contribution is -2.21. The maximum absolute atomic E-state index is 12.5. The molecule has 0 aliphatic heterocycles. The molecule has 1 aromatic rings. The van der Waals surface area contributed by atoms with E-state index in [1.165, 1.54) is 12.1 Å². The first kappa shape index (κ1) is 11.1. The van der Waals surface area contributed by atoms with Crippen molar-refractivity contribution in [2.45, 2.75) is 19.2 Å². The zero-order valence-electron chi connectivity index (χ0n) is 7.77. The van der Waals surface area contributed by atoms with Gasteiger partial charge in [-0.1, -0.05) is 17.2 Å². The van der Waals surface area contributed by atoms with Crippen molar-refractivity contribution >= 4 is 17.4 Å². The number of benzene rings is 1. The molecule has 0 aromatic heterocycles. The topological polar surface area (TPSA) is 17.1 Å². The van der Waals surface area contributed by atoms with Crippen LogP contribution in [0.15, 0.2) is 18.2 Å². The predicted octanol–water partition coefficient (Wildman–Crippen LogP) is 3.32. The quantitative estimate of drug-likeness (QED) is 0.550. The van der Waals surface area contributed by atoms with Gasteiger partial charge in [0, 0.05) is 5.56 Å². The molecule has 0 fully saturated rings. The molecule has 0 aliphatic carbocycles. The van der Waals surface area contributed by atoms with Gasteiger partial charge in [0.05, 0.1) is 0 Å². The molecule has 0 heterocycles. The molecule has 0 saturated carbocycles. The largest absolute Gasteiger partial charge is 0.384 e. The van der Waals surface area contributed by atoms with Crippen LogP contribution in [0.25, 0.3) is 0 Å². The summed E-state index contributed by atoms with van der Waals surface area (Å²) >= 11 is 4.64. The number of alkyl halides is 3. The van der Waals surface area contributed by atoms with E-state index in [0.29, 0.717) is 0 Å². The van der Waals surface area contributed by atoms with Gasteiger partial charge in [-0.15, -0.1) is 0 Å². The molecule has 0 N–H and O–H groups in total. The number of carbonyl (C=O) groups excluding carboxylic acids is 1. The molecule has 0 spiro atoms. The Balaban J connectivity index is 3.14. The smallest absolute Gasteiger partial charge is 0.286 e. The molecular formula is C10H9ClF2O. The first-order valence-electron chi connectivity index (χ1n) is 4.00. The molecular weight excluding hydrogens is 210 g/mol. The van der Waals surface area contributed by atoms with Gasteiger partial charge in [0.1, 0.15) is 0 Å². The Bertz CT molecular complexity index is 349. The van der Waals surface area contributed by atoms with E-state index in [0.717, 1.165) is 11.1 Å². The van der Waals surface area contributed by atoms with Gasteiger partial charge in [-0.2, -0.15) is 8.78 Å². The fraction of sp³-hybridized carbons (Fsp3) is 0.300. The third-order valence-corrected chi connectivity index (χ3v) is 1.91. The Morgan fingerprint density at radius 1 is 1.21 bits per heavy atom. The summed E-state index contributed by atoms with van der Waals surface area (Å²) in [6, 6.07) is 4.58. The highest BCUT2D eigenvalue weighted by atomic mass is 35.5. The summed E-state index contributed by atoms with van der Waals surface area (Å²) in [7, 11) is 0. The lowest BCUT2D eigenvalue weighted by atomic mass is 10.0. The van der Waals surface area contributed by atoms with Crippen molar-refractivity contribution in [1.82, 2.24) is 0 Å². The molecule has 0 bridgehead atoms. The van der Waals surface area contributed by atoms with Crippen LogP contribution in [0.2, 0.25) is 0 Å². The SMILES string of the molecule is Cc1cc(C)cc(C(=O)C(F)(F)Cl)c1. The van der Waals surface area contributed by atoms with Crippen LogP contribution in [-0.2, 0) is 0 Å². The van der Waals surface area contributed by atoms with Crippen molar-refractivity contribution in [3.05, 3.63) is 34.9 Å². The molecule has 0 radical (unpaired) electrons. The summed E-state index contributed by atoms with van der Waals surface area (Å²) < 4.78 is 25.0. The van der Waals surface area contributed by atoms with Crippen molar-refractivity contribution in [1.29, 1.82) is 0 Å². The van der Waals surface area contributed by atoms with E-state index < -0.39 is 11.2 Å². The van der Waals surface area contributed by atoms with Gasteiger partial charge in [-0.25, -0.2) is 0 Å². The molecule has 0 unspecified atom stereocenters. The molecule has 0 aliphatic rings. The van der Waals surface area contributed by atoms with Gasteiger partial charge in [0.2, 0.25) is 5.78 Å². The number of carbonyl (C=O) groups is 1. The molecule has 1 nitrogen and oxygen atoms in total. The van der Waals surface area contributed by atoms with Crippen molar-refractivity contribution in [2.75, 3.05) is 0 Å². The number of ketones is 1. The fourth-order valence-corrected chi connectivity index (χ4v) is 1.38. The molecule has 0 saturated heterocycles. The number of rotatable bonds is 2. The van der Waals surface area contributed by atoms with E-state index in [2.05, 4.69) is 11.6 Å². The summed E-state index contributed by atoms with van der Waals surface area (Å²) in [5.41, 5.74) is 1.46. The first-order chi connectivity index (χ1) is 6.30. The second-order valence-electron chi connectivity index (χ2n) is 3.20. The van der Waals surface area contributed by atoms with Crippen molar-refractivity contribution in [3.8, 4) is 0 Å². The maximum Gasteiger partial charge on any atom is 0.384 e. The Labute approximate surface area is 85.7 Å².